The molecule has 3 aromatic rings. The van der Waals surface area contributed by atoms with Gasteiger partial charge in [-0.05, 0) is 55.0 Å². The molecule has 14 heteroatoms. The van der Waals surface area contributed by atoms with Crippen LogP contribution in [0.5, 0.6) is 11.5 Å². The zero-order chi connectivity index (χ0) is 29.2. The Kier molecular flexibility index (Phi) is 8.21. The fourth-order valence-corrected chi connectivity index (χ4v) is 4.30. The molecule has 1 aromatic carbocycles. The molecular weight excluding hydrogens is 544 g/mol. The van der Waals surface area contributed by atoms with Gasteiger partial charge >= 0.3 is 6.18 Å². The summed E-state index contributed by atoms with van der Waals surface area (Å²) in [5.41, 5.74) is 2.93. The van der Waals surface area contributed by atoms with E-state index in [2.05, 4.69) is 15.3 Å². The summed E-state index contributed by atoms with van der Waals surface area (Å²) in [7, 11) is 0. The Balaban J connectivity index is 1.44. The van der Waals surface area contributed by atoms with E-state index in [1.54, 1.807) is 0 Å². The molecule has 1 amide bonds. The first-order chi connectivity index (χ1) is 18.7. The molecule has 1 saturated heterocycles. The molecule has 214 valence electrons. The first-order valence-electron chi connectivity index (χ1n) is 12.1. The third-order valence-corrected chi connectivity index (χ3v) is 6.67. The van der Waals surface area contributed by atoms with Gasteiger partial charge in [0.1, 0.15) is 29.2 Å². The van der Waals surface area contributed by atoms with E-state index in [0.29, 0.717) is 11.5 Å². The second kappa shape index (κ2) is 11.3. The molecule has 4 rings (SSSR count). The van der Waals surface area contributed by atoms with Crippen LogP contribution in [0.4, 0.5) is 32.2 Å². The van der Waals surface area contributed by atoms with Gasteiger partial charge in [0.2, 0.25) is 5.91 Å². The first-order valence-corrected chi connectivity index (χ1v) is 12.1. The third kappa shape index (κ3) is 6.62. The number of benzene rings is 1. The first kappa shape index (κ1) is 29.1. The highest BCUT2D eigenvalue weighted by Gasteiger charge is 2.47. The van der Waals surface area contributed by atoms with Crippen molar-refractivity contribution in [2.24, 2.45) is 5.73 Å². The van der Waals surface area contributed by atoms with Gasteiger partial charge in [-0.25, -0.2) is 18.2 Å². The number of pyridine rings is 2. The van der Waals surface area contributed by atoms with Crippen molar-refractivity contribution in [3.8, 4) is 11.5 Å². The molecule has 1 fully saturated rings. The molecule has 0 spiro atoms. The zero-order valence-corrected chi connectivity index (χ0v) is 21.0. The maximum Gasteiger partial charge on any atom is 0.407 e. The van der Waals surface area contributed by atoms with Gasteiger partial charge in [-0.3, -0.25) is 14.5 Å². The highest BCUT2D eigenvalue weighted by Crippen LogP contribution is 2.41. The lowest BCUT2D eigenvalue weighted by Gasteiger charge is -2.40. The standard InChI is InChI=1S/C26H25F6N5O3/c1-14(23(38)36-21-7-6-18(12-34-21)40-17-4-2-16(27)3-5-17)37-9-8-25(28,29)20(13-37)15-10-19(24(39)35-11-15)22(33)26(30,31)32/h2-7,10-12,14,20,22H,8-9,13,33H2,1H3,(H,35,39)(H,34,36,38)/t14-,20+,22+/m0/s1. The number of nitrogens with two attached hydrogens (primary N) is 1. The number of aromatic nitrogens is 2. The van der Waals surface area contributed by atoms with Crippen LogP contribution in [-0.4, -0.2) is 52.0 Å². The molecule has 2 aromatic heterocycles. The van der Waals surface area contributed by atoms with Crippen LogP contribution in [-0.2, 0) is 4.79 Å². The van der Waals surface area contributed by atoms with Gasteiger partial charge < -0.3 is 20.8 Å². The molecule has 40 heavy (non-hydrogen) atoms. The smallest absolute Gasteiger partial charge is 0.407 e. The highest BCUT2D eigenvalue weighted by molar-refractivity contribution is 5.93. The number of ether oxygens (including phenoxy) is 1. The van der Waals surface area contributed by atoms with E-state index < -0.39 is 59.4 Å². The molecule has 0 bridgehead atoms. The summed E-state index contributed by atoms with van der Waals surface area (Å²) in [6.45, 7) is 0.972. The maximum absolute atomic E-state index is 14.9. The van der Waals surface area contributed by atoms with Gasteiger partial charge in [-0.2, -0.15) is 13.2 Å². The number of hydrogen-bond donors (Lipinski definition) is 3. The molecule has 3 atom stereocenters. The number of nitrogens with one attached hydrogen (secondary N) is 2. The van der Waals surface area contributed by atoms with Gasteiger partial charge in [-0.15, -0.1) is 0 Å². The number of likely N-dealkylation sites (tertiary alicyclic amines) is 1. The highest BCUT2D eigenvalue weighted by atomic mass is 19.4. The Hall–Kier alpha value is -3.91. The molecule has 0 radical (unpaired) electrons. The largest absolute Gasteiger partial charge is 0.456 e. The maximum atomic E-state index is 14.9. The molecule has 0 saturated carbocycles. The van der Waals surface area contributed by atoms with Crippen molar-refractivity contribution in [2.45, 2.75) is 43.4 Å². The Bertz CT molecular complexity index is 1400. The second-order valence-corrected chi connectivity index (χ2v) is 9.40. The number of piperidine rings is 1. The predicted octanol–water partition coefficient (Wildman–Crippen LogP) is 4.72. The van der Waals surface area contributed by atoms with Gasteiger partial charge in [0.05, 0.1) is 18.2 Å². The Morgan fingerprint density at radius 2 is 1.88 bits per heavy atom. The third-order valence-electron chi connectivity index (χ3n) is 6.67. The van der Waals surface area contributed by atoms with Crippen molar-refractivity contribution in [2.75, 3.05) is 18.4 Å². The number of carbonyl (C=O) groups excluding carboxylic acids is 1. The van der Waals surface area contributed by atoms with Crippen molar-refractivity contribution >= 4 is 11.7 Å². The van der Waals surface area contributed by atoms with Crippen molar-refractivity contribution in [3.63, 3.8) is 0 Å². The molecule has 4 N–H and O–H groups in total. The number of alkyl halides is 5. The summed E-state index contributed by atoms with van der Waals surface area (Å²) in [5, 5.41) is 2.59. The van der Waals surface area contributed by atoms with Gasteiger partial charge in [0, 0.05) is 31.3 Å². The fraction of sp³-hybridized carbons (Fsp3) is 0.346. The van der Waals surface area contributed by atoms with Crippen molar-refractivity contribution in [1.29, 1.82) is 0 Å². The normalized spacial score (nSPS) is 19.1. The number of aromatic amines is 1. The number of halogens is 6. The van der Waals surface area contributed by atoms with Gasteiger partial charge in [0.15, 0.2) is 0 Å². The Morgan fingerprint density at radius 1 is 1.20 bits per heavy atom. The van der Waals surface area contributed by atoms with Crippen LogP contribution in [0, 0.1) is 5.82 Å². The number of amides is 1. The quantitative estimate of drug-likeness (QED) is 0.355. The Labute approximate surface area is 224 Å². The van der Waals surface area contributed by atoms with Crippen molar-refractivity contribution in [1.82, 2.24) is 14.9 Å². The zero-order valence-electron chi connectivity index (χ0n) is 21.0. The SMILES string of the molecule is C[C@@H](C(=O)Nc1ccc(Oc2ccc(F)cc2)cn1)N1CCC(F)(F)[C@@H](c2c[nH]c(=O)c([C@@H](N)C(F)(F)F)c2)C1. The lowest BCUT2D eigenvalue weighted by atomic mass is 9.86. The summed E-state index contributed by atoms with van der Waals surface area (Å²) in [5.74, 6) is -5.03. The minimum atomic E-state index is -4.95. The minimum Gasteiger partial charge on any atom is -0.456 e. The monoisotopic (exact) mass is 569 g/mol. The summed E-state index contributed by atoms with van der Waals surface area (Å²) >= 11 is 0. The number of H-pyrrole nitrogens is 1. The summed E-state index contributed by atoms with van der Waals surface area (Å²) in [6.07, 6.45) is -3.33. The van der Waals surface area contributed by atoms with E-state index in [1.165, 1.54) is 54.4 Å². The van der Waals surface area contributed by atoms with Gasteiger partial charge in [0.25, 0.3) is 11.5 Å². The number of hydrogen-bond acceptors (Lipinski definition) is 6. The fourth-order valence-electron chi connectivity index (χ4n) is 4.30. The number of rotatable bonds is 7. The van der Waals surface area contributed by atoms with Crippen LogP contribution < -0.4 is 21.3 Å². The summed E-state index contributed by atoms with van der Waals surface area (Å²) in [6, 6.07) is 5.51. The number of carbonyl (C=O) groups is 1. The van der Waals surface area contributed by atoms with Crippen LogP contribution in [0.3, 0.4) is 0 Å². The molecule has 8 nitrogen and oxygen atoms in total. The van der Waals surface area contributed by atoms with Crippen molar-refractivity contribution < 1.29 is 35.9 Å². The van der Waals surface area contributed by atoms with E-state index in [-0.39, 0.29) is 24.5 Å². The predicted molar refractivity (Wildman–Crippen MR) is 133 cm³/mol. The van der Waals surface area contributed by atoms with E-state index in [9.17, 15) is 35.9 Å². The molecular formula is C26H25F6N5O3. The average Bonchev–Trinajstić information content (AvgIpc) is 2.90. The topological polar surface area (TPSA) is 113 Å². The molecule has 1 aliphatic heterocycles. The second-order valence-electron chi connectivity index (χ2n) is 9.40. The van der Waals surface area contributed by atoms with Crippen molar-refractivity contribution in [3.05, 3.63) is 82.2 Å². The van der Waals surface area contributed by atoms with E-state index in [0.717, 1.165) is 12.3 Å². The van der Waals surface area contributed by atoms with E-state index in [4.69, 9.17) is 10.5 Å². The molecule has 3 heterocycles. The van der Waals surface area contributed by atoms with Crippen LogP contribution in [0.15, 0.2) is 59.7 Å². The van der Waals surface area contributed by atoms with Gasteiger partial charge in [-0.1, -0.05) is 0 Å². The van der Waals surface area contributed by atoms with Crippen LogP contribution in [0.1, 0.15) is 36.4 Å². The van der Waals surface area contributed by atoms with Crippen LogP contribution >= 0.6 is 0 Å². The van der Waals surface area contributed by atoms with Crippen LogP contribution in [0.25, 0.3) is 0 Å². The summed E-state index contributed by atoms with van der Waals surface area (Å²) in [4.78, 5) is 32.5. The molecule has 1 aliphatic rings. The number of anilines is 1. The van der Waals surface area contributed by atoms with E-state index >= 15 is 0 Å². The lowest BCUT2D eigenvalue weighted by Crippen LogP contribution is -2.52. The molecule has 0 unspecified atom stereocenters. The van der Waals surface area contributed by atoms with E-state index in [1.807, 2.05) is 0 Å². The number of nitrogens with zero attached hydrogens (tertiary/aromatic N) is 2. The molecule has 0 aliphatic carbocycles. The minimum absolute atomic E-state index is 0.158. The Morgan fingerprint density at radius 3 is 2.50 bits per heavy atom. The summed E-state index contributed by atoms with van der Waals surface area (Å²) < 4.78 is 87.7. The average molecular weight is 570 g/mol. The lowest BCUT2D eigenvalue weighted by molar-refractivity contribution is -0.149. The van der Waals surface area contributed by atoms with Crippen LogP contribution in [0.2, 0.25) is 0 Å².